The van der Waals surface area contributed by atoms with Crippen LogP contribution in [0.1, 0.15) is 55.2 Å². The highest BCUT2D eigenvalue weighted by Crippen LogP contribution is 2.25. The first kappa shape index (κ1) is 16.0. The molecule has 122 valence electrons. The first-order valence-corrected chi connectivity index (χ1v) is 9.67. The van der Waals surface area contributed by atoms with Gasteiger partial charge >= 0.3 is 0 Å². The van der Waals surface area contributed by atoms with Crippen LogP contribution in [0.15, 0.2) is 12.1 Å². The fraction of sp³-hybridized carbons (Fsp3) is 0.722. The molecule has 0 aliphatic carbocycles. The third kappa shape index (κ3) is 3.90. The van der Waals surface area contributed by atoms with Crippen molar-refractivity contribution in [2.75, 3.05) is 19.6 Å². The topological polar surface area (TPSA) is 23.6 Å². The van der Waals surface area contributed by atoms with Gasteiger partial charge in [0, 0.05) is 41.9 Å². The molecule has 3 nitrogen and oxygen atoms in total. The summed E-state index contributed by atoms with van der Waals surface area (Å²) < 4.78 is 0. The van der Waals surface area contributed by atoms with Crippen LogP contribution in [0.2, 0.25) is 0 Å². The minimum atomic E-state index is 0.379. The Morgan fingerprint density at radius 2 is 2.09 bits per heavy atom. The third-order valence-corrected chi connectivity index (χ3v) is 6.03. The van der Waals surface area contributed by atoms with Crippen LogP contribution in [-0.4, -0.2) is 41.4 Å². The average molecular weight is 321 g/mol. The number of thiophene rings is 1. The quantitative estimate of drug-likeness (QED) is 0.798. The van der Waals surface area contributed by atoms with Gasteiger partial charge in [0.1, 0.15) is 0 Å². The van der Waals surface area contributed by atoms with Gasteiger partial charge in [0.15, 0.2) is 0 Å². The molecular weight excluding hydrogens is 292 g/mol. The molecule has 0 radical (unpaired) electrons. The zero-order valence-corrected chi connectivity index (χ0v) is 14.5. The predicted molar refractivity (Wildman–Crippen MR) is 92.2 cm³/mol. The molecule has 3 heterocycles. The molecule has 1 amide bonds. The maximum absolute atomic E-state index is 12.0. The Morgan fingerprint density at radius 3 is 2.86 bits per heavy atom. The van der Waals surface area contributed by atoms with Crippen molar-refractivity contribution < 1.29 is 4.79 Å². The number of amides is 1. The van der Waals surface area contributed by atoms with E-state index in [2.05, 4.69) is 28.9 Å². The van der Waals surface area contributed by atoms with Crippen molar-refractivity contribution in [3.63, 3.8) is 0 Å². The van der Waals surface area contributed by atoms with Crippen LogP contribution in [0.3, 0.4) is 0 Å². The third-order valence-electron chi connectivity index (χ3n) is 4.90. The molecule has 0 aromatic carbocycles. The summed E-state index contributed by atoms with van der Waals surface area (Å²) in [6.45, 7) is 6.55. The zero-order chi connectivity index (χ0) is 15.4. The van der Waals surface area contributed by atoms with Crippen LogP contribution in [0.4, 0.5) is 0 Å². The summed E-state index contributed by atoms with van der Waals surface area (Å²) in [5.41, 5.74) is 0. The molecule has 4 heteroatoms. The summed E-state index contributed by atoms with van der Waals surface area (Å²) >= 11 is 1.98. The van der Waals surface area contributed by atoms with E-state index in [0.29, 0.717) is 11.9 Å². The molecule has 1 aromatic heterocycles. The van der Waals surface area contributed by atoms with E-state index in [1.54, 1.807) is 0 Å². The van der Waals surface area contributed by atoms with Crippen molar-refractivity contribution in [2.24, 2.45) is 0 Å². The minimum Gasteiger partial charge on any atom is -0.338 e. The summed E-state index contributed by atoms with van der Waals surface area (Å²) in [5, 5.41) is 0. The van der Waals surface area contributed by atoms with Gasteiger partial charge < -0.3 is 4.90 Å². The van der Waals surface area contributed by atoms with Gasteiger partial charge in [-0.1, -0.05) is 13.3 Å². The number of nitrogens with zero attached hydrogens (tertiary/aromatic N) is 2. The second-order valence-corrected chi connectivity index (χ2v) is 7.95. The first-order valence-electron chi connectivity index (χ1n) is 8.85. The summed E-state index contributed by atoms with van der Waals surface area (Å²) in [7, 11) is 0. The Bertz CT molecular complexity index is 499. The number of carbonyl (C=O) groups excluding carboxylic acids is 1. The minimum absolute atomic E-state index is 0.379. The number of rotatable bonds is 6. The molecule has 0 bridgehead atoms. The van der Waals surface area contributed by atoms with Crippen LogP contribution >= 0.6 is 11.3 Å². The van der Waals surface area contributed by atoms with Crippen LogP contribution in [0.25, 0.3) is 0 Å². The largest absolute Gasteiger partial charge is 0.338 e. The lowest BCUT2D eigenvalue weighted by molar-refractivity contribution is -0.130. The summed E-state index contributed by atoms with van der Waals surface area (Å²) in [5.74, 6) is 0.379. The molecular formula is C18H28N2OS. The van der Waals surface area contributed by atoms with E-state index < -0.39 is 0 Å². The molecule has 2 aliphatic heterocycles. The summed E-state index contributed by atoms with van der Waals surface area (Å²) in [6, 6.07) is 5.07. The Hall–Kier alpha value is -0.870. The van der Waals surface area contributed by atoms with Crippen molar-refractivity contribution in [1.82, 2.24) is 9.80 Å². The van der Waals surface area contributed by atoms with Gasteiger partial charge in [-0.15, -0.1) is 11.3 Å². The maximum atomic E-state index is 12.0. The Labute approximate surface area is 138 Å². The monoisotopic (exact) mass is 320 g/mol. The van der Waals surface area contributed by atoms with E-state index in [4.69, 9.17) is 0 Å². The summed E-state index contributed by atoms with van der Waals surface area (Å²) in [4.78, 5) is 19.7. The number of carbonyl (C=O) groups is 1. The summed E-state index contributed by atoms with van der Waals surface area (Å²) in [6.07, 6.45) is 8.03. The first-order chi connectivity index (χ1) is 10.8. The number of piperidine rings is 1. The van der Waals surface area contributed by atoms with Crippen molar-refractivity contribution in [1.29, 1.82) is 0 Å². The smallest absolute Gasteiger partial charge is 0.222 e. The van der Waals surface area contributed by atoms with Crippen molar-refractivity contribution in [3.8, 4) is 0 Å². The molecule has 1 aromatic rings. The van der Waals surface area contributed by atoms with E-state index in [0.717, 1.165) is 32.5 Å². The lowest BCUT2D eigenvalue weighted by atomic mass is 10.0. The molecule has 0 N–H and O–H groups in total. The van der Waals surface area contributed by atoms with Gasteiger partial charge in [0.2, 0.25) is 5.91 Å². The Morgan fingerprint density at radius 1 is 1.23 bits per heavy atom. The molecule has 1 atom stereocenters. The molecule has 2 saturated heterocycles. The van der Waals surface area contributed by atoms with E-state index in [1.807, 2.05) is 11.3 Å². The van der Waals surface area contributed by atoms with Crippen LogP contribution in [0.5, 0.6) is 0 Å². The second kappa shape index (κ2) is 7.60. The maximum Gasteiger partial charge on any atom is 0.222 e. The van der Waals surface area contributed by atoms with Crippen LogP contribution < -0.4 is 0 Å². The number of likely N-dealkylation sites (tertiary alicyclic amines) is 2. The number of unbranched alkanes of at least 4 members (excludes halogenated alkanes) is 1. The standard InChI is InChI=1S/C18H28N2OS/c1-2-3-7-16-9-10-17(22-16)14-19-11-4-6-15(13-19)20-12-5-8-18(20)21/h9-10,15H,2-8,11-14H2,1H3/t15-/m1/s1. The number of hydrogen-bond acceptors (Lipinski definition) is 3. The molecule has 0 unspecified atom stereocenters. The van der Waals surface area contributed by atoms with Gasteiger partial charge in [-0.25, -0.2) is 0 Å². The van der Waals surface area contributed by atoms with E-state index in [1.165, 1.54) is 48.4 Å². The average Bonchev–Trinajstić information content (AvgIpc) is 3.14. The molecule has 3 rings (SSSR count). The van der Waals surface area contributed by atoms with Gasteiger partial charge in [0.25, 0.3) is 0 Å². The van der Waals surface area contributed by atoms with E-state index in [9.17, 15) is 4.79 Å². The van der Waals surface area contributed by atoms with Crippen molar-refractivity contribution >= 4 is 17.2 Å². The van der Waals surface area contributed by atoms with E-state index in [-0.39, 0.29) is 0 Å². The highest BCUT2D eigenvalue weighted by Gasteiger charge is 2.31. The fourth-order valence-corrected chi connectivity index (χ4v) is 4.80. The number of aryl methyl sites for hydroxylation is 1. The fourth-order valence-electron chi connectivity index (χ4n) is 3.70. The normalized spacial score (nSPS) is 23.4. The second-order valence-electron chi connectivity index (χ2n) is 6.69. The molecule has 22 heavy (non-hydrogen) atoms. The lowest BCUT2D eigenvalue weighted by Gasteiger charge is -2.37. The molecule has 0 saturated carbocycles. The van der Waals surface area contributed by atoms with Crippen LogP contribution in [0, 0.1) is 0 Å². The van der Waals surface area contributed by atoms with Gasteiger partial charge in [-0.05, 0) is 50.8 Å². The zero-order valence-electron chi connectivity index (χ0n) is 13.7. The SMILES string of the molecule is CCCCc1ccc(CN2CCC[C@@H](N3CCCC3=O)C2)s1. The molecule has 0 spiro atoms. The Kier molecular flexibility index (Phi) is 5.53. The van der Waals surface area contributed by atoms with E-state index >= 15 is 0 Å². The lowest BCUT2D eigenvalue weighted by Crippen LogP contribution is -2.47. The number of hydrogen-bond donors (Lipinski definition) is 0. The van der Waals surface area contributed by atoms with Crippen molar-refractivity contribution in [2.45, 2.75) is 64.5 Å². The highest BCUT2D eigenvalue weighted by molar-refractivity contribution is 7.11. The highest BCUT2D eigenvalue weighted by atomic mass is 32.1. The molecule has 2 aliphatic rings. The molecule has 2 fully saturated rings. The van der Waals surface area contributed by atoms with Gasteiger partial charge in [-0.2, -0.15) is 0 Å². The van der Waals surface area contributed by atoms with Gasteiger partial charge in [-0.3, -0.25) is 9.69 Å². The van der Waals surface area contributed by atoms with Gasteiger partial charge in [0.05, 0.1) is 0 Å². The Balaban J connectivity index is 1.53. The predicted octanol–water partition coefficient (Wildman–Crippen LogP) is 3.68. The van der Waals surface area contributed by atoms with Crippen LogP contribution in [-0.2, 0) is 17.8 Å². The van der Waals surface area contributed by atoms with Crippen molar-refractivity contribution in [3.05, 3.63) is 21.9 Å².